The summed E-state index contributed by atoms with van der Waals surface area (Å²) in [6, 6.07) is 0.118. The fraction of sp³-hybridized carbons (Fsp3) is 0.778. The van der Waals surface area contributed by atoms with E-state index in [4.69, 9.17) is 0 Å². The van der Waals surface area contributed by atoms with Crippen LogP contribution >= 0.6 is 0 Å². The Morgan fingerprint density at radius 2 is 2.23 bits per heavy atom. The zero-order valence-electron chi connectivity index (χ0n) is 8.33. The molecule has 0 spiro atoms. The minimum atomic E-state index is -0.0629. The van der Waals surface area contributed by atoms with Gasteiger partial charge >= 0.3 is 0 Å². The van der Waals surface area contributed by atoms with E-state index in [2.05, 4.69) is 5.32 Å². The van der Waals surface area contributed by atoms with E-state index in [1.807, 2.05) is 20.8 Å². The molecule has 74 valence electrons. The van der Waals surface area contributed by atoms with Gasteiger partial charge in [0.15, 0.2) is 0 Å². The van der Waals surface area contributed by atoms with Gasteiger partial charge in [-0.05, 0) is 6.92 Å². The largest absolute Gasteiger partial charge is 0.353 e. The molecule has 1 aliphatic heterocycles. The number of nitrogens with zero attached hydrogens (tertiary/aromatic N) is 1. The molecular weight excluding hydrogens is 168 g/mol. The maximum absolute atomic E-state index is 11.6. The highest BCUT2D eigenvalue weighted by Crippen LogP contribution is 2.08. The highest BCUT2D eigenvalue weighted by atomic mass is 16.2. The maximum atomic E-state index is 11.6. The summed E-state index contributed by atoms with van der Waals surface area (Å²) in [5.41, 5.74) is 0. The summed E-state index contributed by atoms with van der Waals surface area (Å²) in [6.07, 6.45) is 0. The van der Waals surface area contributed by atoms with Crippen LogP contribution in [0.1, 0.15) is 20.8 Å². The van der Waals surface area contributed by atoms with Crippen LogP contribution in [0.5, 0.6) is 0 Å². The second-order valence-corrected chi connectivity index (χ2v) is 3.77. The third-order valence-electron chi connectivity index (χ3n) is 2.22. The van der Waals surface area contributed by atoms with Crippen LogP contribution in [0.15, 0.2) is 0 Å². The molecule has 0 aliphatic carbocycles. The van der Waals surface area contributed by atoms with Crippen molar-refractivity contribution in [2.45, 2.75) is 26.8 Å². The Hall–Kier alpha value is -1.06. The summed E-state index contributed by atoms with van der Waals surface area (Å²) in [4.78, 5) is 24.3. The molecule has 1 rings (SSSR count). The summed E-state index contributed by atoms with van der Waals surface area (Å²) in [6.45, 7) is 6.42. The van der Waals surface area contributed by atoms with Crippen molar-refractivity contribution in [3.05, 3.63) is 0 Å². The van der Waals surface area contributed by atoms with Crippen molar-refractivity contribution in [2.24, 2.45) is 5.92 Å². The first-order valence-electron chi connectivity index (χ1n) is 4.59. The van der Waals surface area contributed by atoms with Gasteiger partial charge in [-0.3, -0.25) is 9.59 Å². The van der Waals surface area contributed by atoms with Crippen LogP contribution < -0.4 is 5.32 Å². The van der Waals surface area contributed by atoms with Gasteiger partial charge in [-0.2, -0.15) is 0 Å². The van der Waals surface area contributed by atoms with Crippen LogP contribution in [0, 0.1) is 5.92 Å². The van der Waals surface area contributed by atoms with Gasteiger partial charge in [0.2, 0.25) is 11.8 Å². The van der Waals surface area contributed by atoms with Gasteiger partial charge < -0.3 is 10.2 Å². The Labute approximate surface area is 78.3 Å². The number of piperazine rings is 1. The molecule has 0 aromatic carbocycles. The Morgan fingerprint density at radius 3 is 2.77 bits per heavy atom. The molecule has 1 unspecified atom stereocenters. The van der Waals surface area contributed by atoms with Gasteiger partial charge in [-0.1, -0.05) is 13.8 Å². The lowest BCUT2D eigenvalue weighted by atomic mass is 10.1. The zero-order chi connectivity index (χ0) is 10.0. The zero-order valence-corrected chi connectivity index (χ0v) is 8.33. The lowest BCUT2D eigenvalue weighted by molar-refractivity contribution is -0.143. The molecule has 1 saturated heterocycles. The van der Waals surface area contributed by atoms with Crippen molar-refractivity contribution in [1.82, 2.24) is 10.2 Å². The molecule has 4 heteroatoms. The van der Waals surface area contributed by atoms with Crippen molar-refractivity contribution in [3.63, 3.8) is 0 Å². The van der Waals surface area contributed by atoms with Gasteiger partial charge in [0, 0.05) is 18.5 Å². The topological polar surface area (TPSA) is 49.4 Å². The molecule has 0 aromatic rings. The quantitative estimate of drug-likeness (QED) is 0.623. The normalized spacial score (nSPS) is 23.2. The smallest absolute Gasteiger partial charge is 0.239 e. The maximum Gasteiger partial charge on any atom is 0.239 e. The van der Waals surface area contributed by atoms with Crippen LogP contribution in [-0.2, 0) is 9.59 Å². The van der Waals surface area contributed by atoms with E-state index in [-0.39, 0.29) is 30.3 Å². The summed E-state index contributed by atoms with van der Waals surface area (Å²) in [5, 5.41) is 2.72. The number of amides is 2. The van der Waals surface area contributed by atoms with E-state index >= 15 is 0 Å². The lowest BCUT2D eigenvalue weighted by Gasteiger charge is -2.34. The highest BCUT2D eigenvalue weighted by Gasteiger charge is 2.28. The third kappa shape index (κ3) is 2.20. The number of carbonyl (C=O) groups is 2. The average Bonchev–Trinajstić information content (AvgIpc) is 2.08. The van der Waals surface area contributed by atoms with E-state index < -0.39 is 0 Å². The molecule has 0 bridgehead atoms. The third-order valence-corrected chi connectivity index (χ3v) is 2.22. The monoisotopic (exact) mass is 184 g/mol. The average molecular weight is 184 g/mol. The fourth-order valence-electron chi connectivity index (χ4n) is 1.36. The van der Waals surface area contributed by atoms with Crippen LogP contribution in [0.2, 0.25) is 0 Å². The van der Waals surface area contributed by atoms with Gasteiger partial charge in [0.1, 0.15) is 0 Å². The molecule has 0 radical (unpaired) electrons. The molecule has 0 saturated carbocycles. The van der Waals surface area contributed by atoms with E-state index in [1.54, 1.807) is 4.90 Å². The molecule has 1 N–H and O–H groups in total. The van der Waals surface area contributed by atoms with Crippen molar-refractivity contribution in [3.8, 4) is 0 Å². The summed E-state index contributed by atoms with van der Waals surface area (Å²) in [7, 11) is 0. The number of nitrogens with one attached hydrogen (secondary N) is 1. The van der Waals surface area contributed by atoms with E-state index in [9.17, 15) is 9.59 Å². The number of hydrogen-bond acceptors (Lipinski definition) is 2. The molecule has 1 aliphatic rings. The lowest BCUT2D eigenvalue weighted by Crippen LogP contribution is -2.56. The number of carbonyl (C=O) groups excluding carboxylic acids is 2. The minimum Gasteiger partial charge on any atom is -0.353 e. The Morgan fingerprint density at radius 1 is 1.62 bits per heavy atom. The minimum absolute atomic E-state index is 0.0339. The van der Waals surface area contributed by atoms with E-state index in [0.29, 0.717) is 6.54 Å². The Bertz CT molecular complexity index is 226. The summed E-state index contributed by atoms with van der Waals surface area (Å²) in [5.74, 6) is -0.0391. The first-order chi connectivity index (χ1) is 6.02. The molecule has 4 nitrogen and oxygen atoms in total. The predicted octanol–water partition coefficient (Wildman–Crippen LogP) is -0.0107. The molecule has 2 amide bonds. The molecule has 0 aromatic heterocycles. The number of rotatable bonds is 1. The van der Waals surface area contributed by atoms with Crippen LogP contribution in [0.4, 0.5) is 0 Å². The van der Waals surface area contributed by atoms with Crippen molar-refractivity contribution in [2.75, 3.05) is 13.1 Å². The van der Waals surface area contributed by atoms with E-state index in [0.717, 1.165) is 0 Å². The van der Waals surface area contributed by atoms with Gasteiger partial charge in [-0.15, -0.1) is 0 Å². The second kappa shape index (κ2) is 3.77. The first kappa shape index (κ1) is 10.0. The molecule has 1 atom stereocenters. The summed E-state index contributed by atoms with van der Waals surface area (Å²) >= 11 is 0. The predicted molar refractivity (Wildman–Crippen MR) is 49.0 cm³/mol. The molecule has 13 heavy (non-hydrogen) atoms. The fourth-order valence-corrected chi connectivity index (χ4v) is 1.36. The molecule has 1 fully saturated rings. The van der Waals surface area contributed by atoms with Crippen LogP contribution in [0.25, 0.3) is 0 Å². The van der Waals surface area contributed by atoms with Crippen molar-refractivity contribution < 1.29 is 9.59 Å². The summed E-state index contributed by atoms with van der Waals surface area (Å²) < 4.78 is 0. The molecule has 1 heterocycles. The van der Waals surface area contributed by atoms with Crippen LogP contribution in [0.3, 0.4) is 0 Å². The SMILES string of the molecule is CC(C)C(=O)N1CC(=O)NCC1C. The molecular formula is C9H16N2O2. The van der Waals surface area contributed by atoms with Crippen molar-refractivity contribution in [1.29, 1.82) is 0 Å². The first-order valence-corrected chi connectivity index (χ1v) is 4.59. The Balaban J connectivity index is 2.65. The van der Waals surface area contributed by atoms with Crippen molar-refractivity contribution >= 4 is 11.8 Å². The standard InChI is InChI=1S/C9H16N2O2/c1-6(2)9(13)11-5-8(12)10-4-7(11)3/h6-7H,4-5H2,1-3H3,(H,10,12). The van der Waals surface area contributed by atoms with E-state index in [1.165, 1.54) is 0 Å². The van der Waals surface area contributed by atoms with Gasteiger partial charge in [0.25, 0.3) is 0 Å². The van der Waals surface area contributed by atoms with Crippen LogP contribution in [-0.4, -0.2) is 35.8 Å². The Kier molecular flexibility index (Phi) is 2.90. The van der Waals surface area contributed by atoms with Gasteiger partial charge in [-0.25, -0.2) is 0 Å². The van der Waals surface area contributed by atoms with Gasteiger partial charge in [0.05, 0.1) is 6.54 Å². The number of hydrogen-bond donors (Lipinski definition) is 1. The highest BCUT2D eigenvalue weighted by molar-refractivity contribution is 5.87. The second-order valence-electron chi connectivity index (χ2n) is 3.77.